The third kappa shape index (κ3) is 2.32. The molecule has 0 aromatic carbocycles. The summed E-state index contributed by atoms with van der Waals surface area (Å²) in [5.41, 5.74) is -1.26. The van der Waals surface area contributed by atoms with Crippen molar-refractivity contribution in [2.75, 3.05) is 7.11 Å². The number of aliphatic hydroxyl groups excluding tert-OH is 1. The van der Waals surface area contributed by atoms with E-state index in [2.05, 4.69) is 9.72 Å². The van der Waals surface area contributed by atoms with Crippen molar-refractivity contribution >= 4 is 11.6 Å². The summed E-state index contributed by atoms with van der Waals surface area (Å²) >= 11 is 5.48. The van der Waals surface area contributed by atoms with Crippen molar-refractivity contribution in [2.24, 2.45) is 0 Å². The van der Waals surface area contributed by atoms with E-state index in [4.69, 9.17) is 16.7 Å². The predicted octanol–water partition coefficient (Wildman–Crippen LogP) is 2.25. The zero-order valence-corrected chi connectivity index (χ0v) is 8.35. The molecule has 0 amide bonds. The molecule has 0 saturated carbocycles. The van der Waals surface area contributed by atoms with Crippen molar-refractivity contribution in [1.29, 1.82) is 0 Å². The number of rotatable bonds is 2. The quantitative estimate of drug-likeness (QED) is 0.864. The molecule has 0 unspecified atom stereocenters. The molecule has 1 N–H and O–H groups in total. The molecule has 1 aromatic rings. The van der Waals surface area contributed by atoms with E-state index in [1.54, 1.807) is 0 Å². The van der Waals surface area contributed by atoms with E-state index in [0.717, 1.165) is 0 Å². The molecule has 0 aliphatic rings. The van der Waals surface area contributed by atoms with Crippen LogP contribution in [0.5, 0.6) is 5.88 Å². The van der Waals surface area contributed by atoms with Gasteiger partial charge in [0, 0.05) is 6.20 Å². The third-order valence-corrected chi connectivity index (χ3v) is 2.16. The standard InChI is InChI=1S/C8H7ClF3NO2/c1-15-7-4(3-14)6(9)5(2-13-7)8(10,11)12/h2,14H,3H2,1H3. The number of hydrogen-bond donors (Lipinski definition) is 1. The van der Waals surface area contributed by atoms with Gasteiger partial charge in [0.25, 0.3) is 0 Å². The van der Waals surface area contributed by atoms with Crippen LogP contribution in [0.25, 0.3) is 0 Å². The van der Waals surface area contributed by atoms with Crippen LogP contribution in [0.3, 0.4) is 0 Å². The zero-order valence-electron chi connectivity index (χ0n) is 7.60. The maximum absolute atomic E-state index is 12.4. The summed E-state index contributed by atoms with van der Waals surface area (Å²) < 4.78 is 41.7. The summed E-state index contributed by atoms with van der Waals surface area (Å²) in [6, 6.07) is 0. The highest BCUT2D eigenvalue weighted by atomic mass is 35.5. The number of hydrogen-bond acceptors (Lipinski definition) is 3. The number of methoxy groups -OCH3 is 1. The lowest BCUT2D eigenvalue weighted by Crippen LogP contribution is -2.09. The van der Waals surface area contributed by atoms with E-state index in [0.29, 0.717) is 6.20 Å². The average Bonchev–Trinajstić information content (AvgIpc) is 2.15. The Balaban J connectivity index is 3.36. The first-order valence-electron chi connectivity index (χ1n) is 3.81. The number of nitrogens with zero attached hydrogens (tertiary/aromatic N) is 1. The molecule has 0 aliphatic carbocycles. The van der Waals surface area contributed by atoms with Gasteiger partial charge in [0.2, 0.25) is 5.88 Å². The fourth-order valence-electron chi connectivity index (χ4n) is 1.02. The number of aliphatic hydroxyl groups is 1. The Morgan fingerprint density at radius 2 is 2.13 bits per heavy atom. The molecule has 0 radical (unpaired) electrons. The maximum Gasteiger partial charge on any atom is 0.419 e. The lowest BCUT2D eigenvalue weighted by Gasteiger charge is -2.13. The van der Waals surface area contributed by atoms with Crippen molar-refractivity contribution < 1.29 is 23.0 Å². The minimum absolute atomic E-state index is 0.115. The minimum atomic E-state index is -4.60. The highest BCUT2D eigenvalue weighted by Crippen LogP contribution is 2.38. The first kappa shape index (κ1) is 12.1. The van der Waals surface area contributed by atoms with Crippen LogP contribution in [-0.2, 0) is 12.8 Å². The molecule has 3 nitrogen and oxygen atoms in total. The van der Waals surface area contributed by atoms with Gasteiger partial charge in [-0.15, -0.1) is 0 Å². The molecule has 0 atom stereocenters. The monoisotopic (exact) mass is 241 g/mol. The van der Waals surface area contributed by atoms with Gasteiger partial charge >= 0.3 is 6.18 Å². The normalized spacial score (nSPS) is 11.6. The summed E-state index contributed by atoms with van der Waals surface area (Å²) in [5.74, 6) is -0.115. The molecule has 0 saturated heterocycles. The van der Waals surface area contributed by atoms with Crippen LogP contribution >= 0.6 is 11.6 Å². The largest absolute Gasteiger partial charge is 0.481 e. The summed E-state index contributed by atoms with van der Waals surface area (Å²) in [5, 5.41) is 8.26. The fraction of sp³-hybridized carbons (Fsp3) is 0.375. The third-order valence-electron chi connectivity index (χ3n) is 1.73. The first-order valence-corrected chi connectivity index (χ1v) is 4.19. The van der Waals surface area contributed by atoms with E-state index in [1.165, 1.54) is 7.11 Å². The Hall–Kier alpha value is -1.01. The van der Waals surface area contributed by atoms with Gasteiger partial charge in [-0.3, -0.25) is 0 Å². The molecule has 15 heavy (non-hydrogen) atoms. The molecule has 7 heteroatoms. The van der Waals surface area contributed by atoms with E-state index >= 15 is 0 Å². The number of aromatic nitrogens is 1. The second-order valence-electron chi connectivity index (χ2n) is 2.63. The van der Waals surface area contributed by atoms with Crippen LogP contribution in [0.2, 0.25) is 5.02 Å². The Morgan fingerprint density at radius 3 is 2.53 bits per heavy atom. The van der Waals surface area contributed by atoms with Crippen LogP contribution < -0.4 is 4.74 Å². The molecule has 1 rings (SSSR count). The second-order valence-corrected chi connectivity index (χ2v) is 3.01. The van der Waals surface area contributed by atoms with Gasteiger partial charge in [0.05, 0.1) is 29.9 Å². The summed E-state index contributed by atoms with van der Waals surface area (Å²) in [6.45, 7) is -0.668. The molecule has 0 fully saturated rings. The van der Waals surface area contributed by atoms with Crippen molar-refractivity contribution in [3.8, 4) is 5.88 Å². The molecule has 1 heterocycles. The van der Waals surface area contributed by atoms with Gasteiger partial charge in [-0.2, -0.15) is 13.2 Å². The minimum Gasteiger partial charge on any atom is -0.481 e. The van der Waals surface area contributed by atoms with E-state index in [1.807, 2.05) is 0 Å². The molecular weight excluding hydrogens is 235 g/mol. The van der Waals surface area contributed by atoms with Crippen molar-refractivity contribution in [2.45, 2.75) is 12.8 Å². The smallest absolute Gasteiger partial charge is 0.419 e. The van der Waals surface area contributed by atoms with Gasteiger partial charge < -0.3 is 9.84 Å². The van der Waals surface area contributed by atoms with Crippen LogP contribution in [0, 0.1) is 0 Å². The highest BCUT2D eigenvalue weighted by molar-refractivity contribution is 6.32. The number of alkyl halides is 3. The second kappa shape index (κ2) is 4.24. The van der Waals surface area contributed by atoms with E-state index in [9.17, 15) is 13.2 Å². The van der Waals surface area contributed by atoms with Crippen LogP contribution in [-0.4, -0.2) is 17.2 Å². The van der Waals surface area contributed by atoms with Gasteiger partial charge in [0.15, 0.2) is 0 Å². The van der Waals surface area contributed by atoms with Crippen molar-refractivity contribution in [1.82, 2.24) is 4.98 Å². The van der Waals surface area contributed by atoms with Crippen molar-refractivity contribution in [3.63, 3.8) is 0 Å². The zero-order chi connectivity index (χ0) is 11.6. The Labute approximate surface area is 88.5 Å². The molecule has 0 aliphatic heterocycles. The maximum atomic E-state index is 12.4. The number of pyridine rings is 1. The Morgan fingerprint density at radius 1 is 1.53 bits per heavy atom. The predicted molar refractivity (Wildman–Crippen MR) is 46.7 cm³/mol. The summed E-state index contributed by atoms with van der Waals surface area (Å²) in [4.78, 5) is 3.41. The fourth-order valence-corrected chi connectivity index (χ4v) is 1.32. The Kier molecular flexibility index (Phi) is 3.41. The Bertz CT molecular complexity index is 368. The topological polar surface area (TPSA) is 42.4 Å². The van der Waals surface area contributed by atoms with Crippen molar-refractivity contribution in [3.05, 3.63) is 22.3 Å². The molecule has 0 spiro atoms. The van der Waals surface area contributed by atoms with Crippen LogP contribution in [0.1, 0.15) is 11.1 Å². The lowest BCUT2D eigenvalue weighted by molar-refractivity contribution is -0.137. The van der Waals surface area contributed by atoms with Gasteiger partial charge in [-0.25, -0.2) is 4.98 Å². The van der Waals surface area contributed by atoms with Gasteiger partial charge in [-0.05, 0) is 0 Å². The lowest BCUT2D eigenvalue weighted by atomic mass is 10.2. The average molecular weight is 242 g/mol. The first-order chi connectivity index (χ1) is 6.91. The van der Waals surface area contributed by atoms with Crippen LogP contribution in [0.15, 0.2) is 6.20 Å². The number of halogens is 4. The van der Waals surface area contributed by atoms with Gasteiger partial charge in [-0.1, -0.05) is 11.6 Å². The summed E-state index contributed by atoms with van der Waals surface area (Å²) in [6.07, 6.45) is -4.03. The van der Waals surface area contributed by atoms with Gasteiger partial charge in [0.1, 0.15) is 0 Å². The number of ether oxygens (including phenoxy) is 1. The van der Waals surface area contributed by atoms with E-state index in [-0.39, 0.29) is 11.4 Å². The highest BCUT2D eigenvalue weighted by Gasteiger charge is 2.35. The SMILES string of the molecule is COc1ncc(C(F)(F)F)c(Cl)c1CO. The molecule has 84 valence electrons. The molecular formula is C8H7ClF3NO2. The van der Waals surface area contributed by atoms with E-state index < -0.39 is 23.4 Å². The van der Waals surface area contributed by atoms with Crippen LogP contribution in [0.4, 0.5) is 13.2 Å². The molecule has 0 bridgehead atoms. The molecule has 1 aromatic heterocycles. The summed E-state index contributed by atoms with van der Waals surface area (Å²) in [7, 11) is 1.23.